The molecule has 0 spiro atoms. The smallest absolute Gasteiger partial charge is 0.0195 e. The molecule has 0 radical (unpaired) electrons. The zero-order chi connectivity index (χ0) is 2.00. The second-order valence-electron chi connectivity index (χ2n) is 0. The molecule has 0 aliphatic heterocycles. The van der Waals surface area contributed by atoms with Crippen LogP contribution < -0.4 is 5.73 Å². The van der Waals surface area contributed by atoms with E-state index >= 15 is 0 Å². The molecule has 0 fully saturated rings. The third-order valence-corrected chi connectivity index (χ3v) is 0. The van der Waals surface area contributed by atoms with Gasteiger partial charge >= 0.3 is 0 Å². The van der Waals surface area contributed by atoms with Crippen LogP contribution in [0.2, 0.25) is 0 Å². The second kappa shape index (κ2) is 1730. The third kappa shape index (κ3) is 745. The molecule has 0 aromatic rings. The quantitative estimate of drug-likeness (QED) is 0.329. The average molecular weight is 103 g/mol. The lowest BCUT2D eigenvalue weighted by molar-refractivity contribution is 0.823. The minimum Gasteiger partial charge on any atom is -0.412 e. The van der Waals surface area contributed by atoms with Crippen molar-refractivity contribution in [3.8, 4) is 0 Å². The molecule has 46 valence electrons. The van der Waals surface area contributed by atoms with E-state index in [0.29, 0.717) is 0 Å². The lowest BCUT2D eigenvalue weighted by atomic mass is 11.6. The molecule has 5 heteroatoms. The topological polar surface area (TPSA) is 152 Å². The third-order valence-electron chi connectivity index (χ3n) is 0. The maximum Gasteiger partial charge on any atom is -0.0195 e. The summed E-state index contributed by atoms with van der Waals surface area (Å²) in [7, 11) is 1.50. The summed E-state index contributed by atoms with van der Waals surface area (Å²) >= 11 is 0. The number of hydrogen-bond acceptors (Lipinski definition) is 1. The first-order valence-corrected chi connectivity index (χ1v) is 0.577. The van der Waals surface area contributed by atoms with Crippen molar-refractivity contribution < 1.29 is 21.9 Å². The second-order valence-corrected chi connectivity index (χ2v) is 0. The SMILES string of the molecule is CN.O.O.O.O. The maximum absolute atomic E-state index is 4.50. The molecule has 6 heavy (non-hydrogen) atoms. The summed E-state index contributed by atoms with van der Waals surface area (Å²) in [4.78, 5) is 0. The highest BCUT2D eigenvalue weighted by atomic mass is 16.0. The Bertz CT molecular complexity index is 7.51. The van der Waals surface area contributed by atoms with Gasteiger partial charge in [-0.25, -0.2) is 0 Å². The van der Waals surface area contributed by atoms with Crippen LogP contribution in [0.5, 0.6) is 0 Å². The molecular formula is CH13NO4. The molecule has 0 heterocycles. The van der Waals surface area contributed by atoms with Gasteiger partial charge in [-0.15, -0.1) is 0 Å². The van der Waals surface area contributed by atoms with Crippen LogP contribution in [0, 0.1) is 0 Å². The fourth-order valence-electron chi connectivity index (χ4n) is 0. The van der Waals surface area contributed by atoms with Gasteiger partial charge < -0.3 is 27.6 Å². The van der Waals surface area contributed by atoms with E-state index in [9.17, 15) is 0 Å². The first-order chi connectivity index (χ1) is 1.00. The van der Waals surface area contributed by atoms with Gasteiger partial charge in [0, 0.05) is 0 Å². The van der Waals surface area contributed by atoms with Gasteiger partial charge in [-0.2, -0.15) is 0 Å². The maximum atomic E-state index is 4.50. The van der Waals surface area contributed by atoms with Gasteiger partial charge in [0.15, 0.2) is 0 Å². The molecule has 5 nitrogen and oxygen atoms in total. The molecule has 0 aromatic heterocycles. The monoisotopic (exact) mass is 103 g/mol. The molecule has 0 atom stereocenters. The fourth-order valence-corrected chi connectivity index (χ4v) is 0. The first-order valence-electron chi connectivity index (χ1n) is 0.577. The minimum atomic E-state index is 0. The Balaban J connectivity index is -0.000000000833. The van der Waals surface area contributed by atoms with Crippen molar-refractivity contribution in [1.29, 1.82) is 0 Å². The van der Waals surface area contributed by atoms with Crippen molar-refractivity contribution >= 4 is 0 Å². The van der Waals surface area contributed by atoms with Gasteiger partial charge in [-0.05, 0) is 7.05 Å². The summed E-state index contributed by atoms with van der Waals surface area (Å²) in [6, 6.07) is 0. The highest BCUT2D eigenvalue weighted by Gasteiger charge is 0.836. The summed E-state index contributed by atoms with van der Waals surface area (Å²) in [5.41, 5.74) is 4.50. The largest absolute Gasteiger partial charge is 0.412 e. The van der Waals surface area contributed by atoms with Crippen molar-refractivity contribution in [1.82, 2.24) is 0 Å². The van der Waals surface area contributed by atoms with E-state index in [-0.39, 0.29) is 21.9 Å². The predicted molar refractivity (Wildman–Crippen MR) is 24.6 cm³/mol. The van der Waals surface area contributed by atoms with Crippen LogP contribution in [0.1, 0.15) is 0 Å². The van der Waals surface area contributed by atoms with Crippen LogP contribution in [-0.4, -0.2) is 29.0 Å². The normalized spacial score (nSPS) is 1.00. The highest BCUT2D eigenvalue weighted by Crippen LogP contribution is 0.469. The van der Waals surface area contributed by atoms with Crippen molar-refractivity contribution in [2.45, 2.75) is 0 Å². The fraction of sp³-hybridized carbons (Fsp3) is 1.00. The predicted octanol–water partition coefficient (Wildman–Crippen LogP) is -3.72. The molecule has 0 amide bonds. The molecule has 0 saturated carbocycles. The van der Waals surface area contributed by atoms with E-state index < -0.39 is 0 Å². The van der Waals surface area contributed by atoms with Crippen LogP contribution in [0.25, 0.3) is 0 Å². The van der Waals surface area contributed by atoms with E-state index in [2.05, 4.69) is 5.73 Å². The summed E-state index contributed by atoms with van der Waals surface area (Å²) in [5, 5.41) is 0. The molecule has 0 saturated heterocycles. The summed E-state index contributed by atoms with van der Waals surface area (Å²) < 4.78 is 0. The van der Waals surface area contributed by atoms with Crippen molar-refractivity contribution in [3.05, 3.63) is 0 Å². The molecule has 0 bridgehead atoms. The molecule has 0 rings (SSSR count). The number of nitrogens with two attached hydrogens (primary N) is 1. The Labute approximate surface area is 36.0 Å². The van der Waals surface area contributed by atoms with Gasteiger partial charge in [-0.3, -0.25) is 0 Å². The van der Waals surface area contributed by atoms with Gasteiger partial charge in [0.2, 0.25) is 0 Å². The molecule has 0 aliphatic rings. The summed E-state index contributed by atoms with van der Waals surface area (Å²) in [5.74, 6) is 0. The lowest BCUT2D eigenvalue weighted by Crippen LogP contribution is -1.69. The van der Waals surface area contributed by atoms with Crippen LogP contribution in [0.15, 0.2) is 0 Å². The van der Waals surface area contributed by atoms with E-state index in [4.69, 9.17) is 0 Å². The Hall–Kier alpha value is -0.200. The highest BCUT2D eigenvalue weighted by molar-refractivity contribution is 3.54. The van der Waals surface area contributed by atoms with Crippen LogP contribution >= 0.6 is 0 Å². The minimum absolute atomic E-state index is 0. The lowest BCUT2D eigenvalue weighted by Gasteiger charge is -1.19. The Morgan fingerprint density at radius 2 is 0.667 bits per heavy atom. The van der Waals surface area contributed by atoms with Gasteiger partial charge in [0.1, 0.15) is 0 Å². The van der Waals surface area contributed by atoms with E-state index in [1.54, 1.807) is 0 Å². The van der Waals surface area contributed by atoms with Crippen LogP contribution in [0.3, 0.4) is 0 Å². The van der Waals surface area contributed by atoms with Gasteiger partial charge in [0.05, 0.1) is 0 Å². The standard InChI is InChI=1S/CH5N.4H2O/c1-2;;;;/h2H2,1H3;4*1H2. The van der Waals surface area contributed by atoms with E-state index in [1.807, 2.05) is 0 Å². The van der Waals surface area contributed by atoms with Crippen LogP contribution in [-0.2, 0) is 0 Å². The molecule has 0 unspecified atom stereocenters. The molecule has 0 aromatic carbocycles. The first kappa shape index (κ1) is 209. The van der Waals surface area contributed by atoms with Crippen molar-refractivity contribution in [3.63, 3.8) is 0 Å². The van der Waals surface area contributed by atoms with E-state index in [1.165, 1.54) is 7.05 Å². The van der Waals surface area contributed by atoms with Crippen LogP contribution in [0.4, 0.5) is 0 Å². The Morgan fingerprint density at radius 3 is 0.667 bits per heavy atom. The average Bonchev–Trinajstić information content (AvgIpc) is 1.00. The van der Waals surface area contributed by atoms with Crippen molar-refractivity contribution in [2.24, 2.45) is 5.73 Å². The number of hydrogen-bond donors (Lipinski definition) is 1. The van der Waals surface area contributed by atoms with Gasteiger partial charge in [-0.1, -0.05) is 0 Å². The summed E-state index contributed by atoms with van der Waals surface area (Å²) in [6.45, 7) is 0. The number of rotatable bonds is 0. The molecule has 10 N–H and O–H groups in total. The van der Waals surface area contributed by atoms with Crippen molar-refractivity contribution in [2.75, 3.05) is 7.05 Å². The zero-order valence-electron chi connectivity index (χ0n) is 3.58. The van der Waals surface area contributed by atoms with E-state index in [0.717, 1.165) is 0 Å². The molecule has 0 aliphatic carbocycles. The van der Waals surface area contributed by atoms with Gasteiger partial charge in [0.25, 0.3) is 0 Å². The Kier molecular flexibility index (Phi) is 60300. The molecular weight excluding hydrogens is 90.0 g/mol. The Morgan fingerprint density at radius 1 is 0.667 bits per heavy atom. The summed E-state index contributed by atoms with van der Waals surface area (Å²) in [6.07, 6.45) is 0. The zero-order valence-corrected chi connectivity index (χ0v) is 3.58.